The Morgan fingerprint density at radius 1 is 1.10 bits per heavy atom. The van der Waals surface area contributed by atoms with Gasteiger partial charge in [-0.05, 0) is 48.2 Å². The Balaban J connectivity index is 1.85. The fraction of sp³-hybridized carbons (Fsp3) is 0.235. The molecule has 0 heterocycles. The first-order valence-corrected chi connectivity index (χ1v) is 7.18. The van der Waals surface area contributed by atoms with Crippen LogP contribution in [0, 0.1) is 0 Å². The lowest BCUT2D eigenvalue weighted by Gasteiger charge is -2.06. The summed E-state index contributed by atoms with van der Waals surface area (Å²) in [6.45, 7) is 2.70. The molecule has 0 aromatic heterocycles. The molecule has 0 saturated carbocycles. The number of carbonyl (C=O) groups excluding carboxylic acids is 1. The van der Waals surface area contributed by atoms with Crippen LogP contribution in [0.3, 0.4) is 0 Å². The smallest absolute Gasteiger partial charge is 0.251 e. The van der Waals surface area contributed by atoms with Crippen LogP contribution in [0.5, 0.6) is 0 Å². The molecule has 0 spiro atoms. The first-order valence-electron chi connectivity index (χ1n) is 6.80. The molecule has 20 heavy (non-hydrogen) atoms. The maximum Gasteiger partial charge on any atom is 0.251 e. The van der Waals surface area contributed by atoms with Crippen molar-refractivity contribution in [2.45, 2.75) is 19.8 Å². The van der Waals surface area contributed by atoms with Crippen LogP contribution >= 0.6 is 11.6 Å². The third kappa shape index (κ3) is 4.10. The summed E-state index contributed by atoms with van der Waals surface area (Å²) in [7, 11) is 0. The molecule has 104 valence electrons. The van der Waals surface area contributed by atoms with Crippen molar-refractivity contribution in [2.24, 2.45) is 0 Å². The predicted molar refractivity (Wildman–Crippen MR) is 83.3 cm³/mol. The minimum absolute atomic E-state index is 0.0327. The first-order chi connectivity index (χ1) is 9.69. The molecule has 2 aromatic carbocycles. The summed E-state index contributed by atoms with van der Waals surface area (Å²) >= 11 is 5.92. The van der Waals surface area contributed by atoms with Crippen molar-refractivity contribution in [3.05, 3.63) is 70.2 Å². The average Bonchev–Trinajstić information content (AvgIpc) is 2.47. The number of carbonyl (C=O) groups is 1. The molecule has 2 nitrogen and oxygen atoms in total. The number of benzene rings is 2. The highest BCUT2D eigenvalue weighted by Gasteiger charge is 2.04. The van der Waals surface area contributed by atoms with Crippen molar-refractivity contribution in [3.63, 3.8) is 0 Å². The number of aryl methyl sites for hydroxylation is 1. The molecule has 2 rings (SSSR count). The van der Waals surface area contributed by atoms with Crippen LogP contribution in [0.2, 0.25) is 5.02 Å². The van der Waals surface area contributed by atoms with E-state index in [0.717, 1.165) is 23.4 Å². The van der Waals surface area contributed by atoms with E-state index in [1.165, 1.54) is 5.56 Å². The molecule has 0 aliphatic carbocycles. The van der Waals surface area contributed by atoms with Crippen molar-refractivity contribution >= 4 is 17.5 Å². The van der Waals surface area contributed by atoms with Gasteiger partial charge < -0.3 is 5.32 Å². The summed E-state index contributed by atoms with van der Waals surface area (Å²) in [6.07, 6.45) is 1.76. The highest BCUT2D eigenvalue weighted by molar-refractivity contribution is 6.30. The predicted octanol–water partition coefficient (Wildman–Crippen LogP) is 3.87. The summed E-state index contributed by atoms with van der Waals surface area (Å²) in [4.78, 5) is 12.0. The molecular weight excluding hydrogens is 270 g/mol. The fourth-order valence-corrected chi connectivity index (χ4v) is 2.22. The van der Waals surface area contributed by atoms with Gasteiger partial charge in [0.2, 0.25) is 0 Å². The van der Waals surface area contributed by atoms with Gasteiger partial charge >= 0.3 is 0 Å². The number of hydrogen-bond acceptors (Lipinski definition) is 1. The molecule has 0 fully saturated rings. The standard InChI is InChI=1S/C17H18ClNO/c1-2-13-6-8-15(9-7-13)17(20)19-11-10-14-4-3-5-16(18)12-14/h3-9,12H,2,10-11H2,1H3,(H,19,20). The van der Waals surface area contributed by atoms with Crippen molar-refractivity contribution in [1.29, 1.82) is 0 Å². The summed E-state index contributed by atoms with van der Waals surface area (Å²) < 4.78 is 0. The van der Waals surface area contributed by atoms with Crippen molar-refractivity contribution in [2.75, 3.05) is 6.54 Å². The zero-order chi connectivity index (χ0) is 14.4. The number of halogens is 1. The normalized spacial score (nSPS) is 10.3. The molecule has 1 N–H and O–H groups in total. The van der Waals surface area contributed by atoms with Crippen LogP contribution in [-0.2, 0) is 12.8 Å². The summed E-state index contributed by atoms with van der Waals surface area (Å²) in [5, 5.41) is 3.65. The Bertz CT molecular complexity index is 578. The number of amides is 1. The van der Waals surface area contributed by atoms with E-state index >= 15 is 0 Å². The molecule has 1 amide bonds. The van der Waals surface area contributed by atoms with Crippen LogP contribution in [0.4, 0.5) is 0 Å². The SMILES string of the molecule is CCc1ccc(C(=O)NCCc2cccc(Cl)c2)cc1. The van der Waals surface area contributed by atoms with Crippen LogP contribution in [0.1, 0.15) is 28.4 Å². The second-order valence-electron chi connectivity index (χ2n) is 4.69. The second-order valence-corrected chi connectivity index (χ2v) is 5.12. The van der Waals surface area contributed by atoms with E-state index in [4.69, 9.17) is 11.6 Å². The summed E-state index contributed by atoms with van der Waals surface area (Å²) in [6, 6.07) is 15.4. The molecule has 0 unspecified atom stereocenters. The van der Waals surface area contributed by atoms with Gasteiger partial charge in [0, 0.05) is 17.1 Å². The Morgan fingerprint density at radius 3 is 2.50 bits per heavy atom. The van der Waals surface area contributed by atoms with Crippen LogP contribution < -0.4 is 5.32 Å². The number of hydrogen-bond donors (Lipinski definition) is 1. The monoisotopic (exact) mass is 287 g/mol. The van der Waals surface area contributed by atoms with Gasteiger partial charge in [-0.25, -0.2) is 0 Å². The lowest BCUT2D eigenvalue weighted by Crippen LogP contribution is -2.25. The van der Waals surface area contributed by atoms with Crippen LogP contribution in [0.25, 0.3) is 0 Å². The lowest BCUT2D eigenvalue weighted by molar-refractivity contribution is 0.0954. The molecule has 3 heteroatoms. The van der Waals surface area contributed by atoms with E-state index in [0.29, 0.717) is 12.1 Å². The second kappa shape index (κ2) is 7.11. The topological polar surface area (TPSA) is 29.1 Å². The van der Waals surface area contributed by atoms with E-state index in [2.05, 4.69) is 12.2 Å². The molecule has 2 aromatic rings. The molecule has 0 aliphatic heterocycles. The van der Waals surface area contributed by atoms with E-state index in [-0.39, 0.29) is 5.91 Å². The third-order valence-corrected chi connectivity index (χ3v) is 3.45. The maximum atomic E-state index is 12.0. The van der Waals surface area contributed by atoms with Crippen LogP contribution in [-0.4, -0.2) is 12.5 Å². The fourth-order valence-electron chi connectivity index (χ4n) is 2.01. The minimum atomic E-state index is -0.0327. The Morgan fingerprint density at radius 2 is 1.85 bits per heavy atom. The van der Waals surface area contributed by atoms with E-state index in [1.54, 1.807) is 0 Å². The van der Waals surface area contributed by atoms with Gasteiger partial charge in [-0.1, -0.05) is 42.8 Å². The average molecular weight is 288 g/mol. The zero-order valence-electron chi connectivity index (χ0n) is 11.5. The third-order valence-electron chi connectivity index (χ3n) is 3.21. The van der Waals surface area contributed by atoms with Crippen molar-refractivity contribution in [1.82, 2.24) is 5.32 Å². The highest BCUT2D eigenvalue weighted by atomic mass is 35.5. The number of nitrogens with one attached hydrogen (secondary N) is 1. The van der Waals surface area contributed by atoms with E-state index in [9.17, 15) is 4.79 Å². The molecule has 0 bridgehead atoms. The zero-order valence-corrected chi connectivity index (χ0v) is 12.3. The molecule has 0 atom stereocenters. The Labute approximate surface area is 124 Å². The van der Waals surface area contributed by atoms with Gasteiger partial charge in [-0.3, -0.25) is 4.79 Å². The minimum Gasteiger partial charge on any atom is -0.352 e. The van der Waals surface area contributed by atoms with E-state index < -0.39 is 0 Å². The highest BCUT2D eigenvalue weighted by Crippen LogP contribution is 2.11. The number of rotatable bonds is 5. The van der Waals surface area contributed by atoms with E-state index in [1.807, 2.05) is 48.5 Å². The van der Waals surface area contributed by atoms with Gasteiger partial charge in [-0.15, -0.1) is 0 Å². The molecule has 0 aliphatic rings. The summed E-state index contributed by atoms with van der Waals surface area (Å²) in [5.74, 6) is -0.0327. The molecular formula is C17H18ClNO. The largest absolute Gasteiger partial charge is 0.352 e. The van der Waals surface area contributed by atoms with Crippen molar-refractivity contribution < 1.29 is 4.79 Å². The maximum absolute atomic E-state index is 12.0. The van der Waals surface area contributed by atoms with Crippen LogP contribution in [0.15, 0.2) is 48.5 Å². The Hall–Kier alpha value is -1.80. The lowest BCUT2D eigenvalue weighted by atomic mass is 10.1. The molecule has 0 saturated heterocycles. The van der Waals surface area contributed by atoms with Gasteiger partial charge in [-0.2, -0.15) is 0 Å². The van der Waals surface area contributed by atoms with Gasteiger partial charge in [0.05, 0.1) is 0 Å². The van der Waals surface area contributed by atoms with Gasteiger partial charge in [0.25, 0.3) is 5.91 Å². The van der Waals surface area contributed by atoms with Gasteiger partial charge in [0.15, 0.2) is 0 Å². The quantitative estimate of drug-likeness (QED) is 0.888. The first kappa shape index (κ1) is 14.6. The van der Waals surface area contributed by atoms with Gasteiger partial charge in [0.1, 0.15) is 0 Å². The summed E-state index contributed by atoms with van der Waals surface area (Å²) in [5.41, 5.74) is 3.06. The Kier molecular flexibility index (Phi) is 5.19. The van der Waals surface area contributed by atoms with Crippen molar-refractivity contribution in [3.8, 4) is 0 Å². The molecule has 0 radical (unpaired) electrons.